The summed E-state index contributed by atoms with van der Waals surface area (Å²) in [7, 11) is 0. The number of rotatable bonds is 6. The van der Waals surface area contributed by atoms with Gasteiger partial charge in [-0.2, -0.15) is 11.8 Å². The summed E-state index contributed by atoms with van der Waals surface area (Å²) in [4.78, 5) is 0. The van der Waals surface area contributed by atoms with Crippen LogP contribution in [0.25, 0.3) is 0 Å². The summed E-state index contributed by atoms with van der Waals surface area (Å²) < 4.78 is 0. The first-order chi connectivity index (χ1) is 7.65. The van der Waals surface area contributed by atoms with E-state index in [1.807, 2.05) is 11.8 Å². The Morgan fingerprint density at radius 3 is 2.75 bits per heavy atom. The van der Waals surface area contributed by atoms with Gasteiger partial charge in [0.25, 0.3) is 0 Å². The Labute approximate surface area is 104 Å². The van der Waals surface area contributed by atoms with Crippen LogP contribution in [0.3, 0.4) is 0 Å². The third-order valence-electron chi connectivity index (χ3n) is 3.16. The zero-order valence-corrected chi connectivity index (χ0v) is 11.7. The highest BCUT2D eigenvalue weighted by molar-refractivity contribution is 7.99. The number of hydrogen-bond donors (Lipinski definition) is 1. The lowest BCUT2D eigenvalue weighted by molar-refractivity contribution is 0.646. The van der Waals surface area contributed by atoms with Crippen LogP contribution in [0.15, 0.2) is 18.2 Å². The molecule has 0 bridgehead atoms. The molecule has 0 aromatic heterocycles. The lowest BCUT2D eigenvalue weighted by Gasteiger charge is -2.11. The highest BCUT2D eigenvalue weighted by atomic mass is 32.2. The molecule has 0 amide bonds. The second-order valence-corrected chi connectivity index (χ2v) is 5.65. The van der Waals surface area contributed by atoms with Gasteiger partial charge in [0.2, 0.25) is 0 Å². The molecule has 16 heavy (non-hydrogen) atoms. The third kappa shape index (κ3) is 4.18. The fourth-order valence-corrected chi connectivity index (χ4v) is 2.00. The smallest absolute Gasteiger partial charge is 0.0208 e. The molecular formula is C14H23NS. The van der Waals surface area contributed by atoms with E-state index in [1.54, 1.807) is 0 Å². The van der Waals surface area contributed by atoms with Gasteiger partial charge in [0.1, 0.15) is 0 Å². The number of benzene rings is 1. The van der Waals surface area contributed by atoms with Gasteiger partial charge in [0, 0.05) is 11.8 Å². The molecule has 1 N–H and O–H groups in total. The summed E-state index contributed by atoms with van der Waals surface area (Å²) in [6.45, 7) is 8.76. The number of thioether (sulfide) groups is 1. The highest BCUT2D eigenvalue weighted by Gasteiger charge is 2.01. The van der Waals surface area contributed by atoms with Crippen LogP contribution in [0.1, 0.15) is 30.0 Å². The van der Waals surface area contributed by atoms with Gasteiger partial charge in [-0.1, -0.05) is 25.1 Å². The second-order valence-electron chi connectivity index (χ2n) is 4.37. The highest BCUT2D eigenvalue weighted by Crippen LogP contribution is 2.12. The van der Waals surface area contributed by atoms with Crippen molar-refractivity contribution in [1.29, 1.82) is 0 Å². The van der Waals surface area contributed by atoms with E-state index >= 15 is 0 Å². The number of nitrogens with one attached hydrogen (secondary N) is 1. The fraction of sp³-hybridized carbons (Fsp3) is 0.571. The van der Waals surface area contributed by atoms with Gasteiger partial charge in [0.15, 0.2) is 0 Å². The van der Waals surface area contributed by atoms with Crippen molar-refractivity contribution >= 4 is 11.8 Å². The lowest BCUT2D eigenvalue weighted by atomic mass is 10.0. The first-order valence-corrected chi connectivity index (χ1v) is 7.22. The Balaban J connectivity index is 2.35. The van der Waals surface area contributed by atoms with Gasteiger partial charge in [0.05, 0.1) is 0 Å². The molecule has 0 aliphatic carbocycles. The van der Waals surface area contributed by atoms with Crippen LogP contribution in [-0.4, -0.2) is 18.1 Å². The van der Waals surface area contributed by atoms with Crippen molar-refractivity contribution in [3.8, 4) is 0 Å². The predicted octanol–water partition coefficient (Wildman–Crippen LogP) is 3.53. The molecule has 0 saturated carbocycles. The average Bonchev–Trinajstić information content (AvgIpc) is 2.29. The molecule has 0 heterocycles. The summed E-state index contributed by atoms with van der Waals surface area (Å²) in [5, 5.41) is 4.28. The van der Waals surface area contributed by atoms with Crippen molar-refractivity contribution in [2.24, 2.45) is 0 Å². The summed E-state index contributed by atoms with van der Waals surface area (Å²) in [5.74, 6) is 0. The maximum Gasteiger partial charge on any atom is 0.0208 e. The van der Waals surface area contributed by atoms with E-state index in [0.717, 1.165) is 18.3 Å². The molecule has 90 valence electrons. The van der Waals surface area contributed by atoms with Gasteiger partial charge in [-0.15, -0.1) is 0 Å². The minimum Gasteiger partial charge on any atom is -0.313 e. The normalized spacial score (nSPS) is 12.8. The molecule has 0 aliphatic heterocycles. The van der Waals surface area contributed by atoms with E-state index in [0.29, 0.717) is 0 Å². The van der Waals surface area contributed by atoms with Crippen LogP contribution < -0.4 is 5.32 Å². The molecule has 1 atom stereocenters. The van der Waals surface area contributed by atoms with Gasteiger partial charge in [-0.25, -0.2) is 0 Å². The zero-order valence-electron chi connectivity index (χ0n) is 10.8. The number of aryl methyl sites for hydroxylation is 1. The first-order valence-electron chi connectivity index (χ1n) is 5.93. The molecule has 1 aromatic carbocycles. The largest absolute Gasteiger partial charge is 0.313 e. The van der Waals surface area contributed by atoms with E-state index in [2.05, 4.69) is 50.5 Å². The van der Waals surface area contributed by atoms with Gasteiger partial charge >= 0.3 is 0 Å². The molecule has 0 spiro atoms. The molecule has 1 aromatic rings. The van der Waals surface area contributed by atoms with Crippen LogP contribution in [-0.2, 0) is 6.54 Å². The van der Waals surface area contributed by atoms with Crippen LogP contribution in [0, 0.1) is 13.8 Å². The molecule has 1 nitrogen and oxygen atoms in total. The summed E-state index contributed by atoms with van der Waals surface area (Å²) in [6.07, 6.45) is 3.42. The van der Waals surface area contributed by atoms with Gasteiger partial charge in [-0.3, -0.25) is 0 Å². The maximum atomic E-state index is 3.52. The molecule has 1 unspecified atom stereocenters. The third-order valence-corrected chi connectivity index (χ3v) is 4.20. The Bertz CT molecular complexity index is 323. The van der Waals surface area contributed by atoms with Crippen molar-refractivity contribution in [1.82, 2.24) is 5.32 Å². The Morgan fingerprint density at radius 2 is 2.06 bits per heavy atom. The summed E-state index contributed by atoms with van der Waals surface area (Å²) in [6, 6.07) is 6.53. The molecule has 2 heteroatoms. The van der Waals surface area contributed by atoms with E-state index in [9.17, 15) is 0 Å². The van der Waals surface area contributed by atoms with Gasteiger partial charge in [-0.05, 0) is 49.8 Å². The van der Waals surface area contributed by atoms with Crippen LogP contribution in [0.5, 0.6) is 0 Å². The first kappa shape index (κ1) is 13.6. The van der Waals surface area contributed by atoms with Crippen molar-refractivity contribution in [2.45, 2.75) is 39.0 Å². The maximum absolute atomic E-state index is 3.52. The standard InChI is InChI=1S/C14H23NS/c1-11-6-5-7-14(13(11)3)10-15-9-8-12(2)16-4/h5-7,12,15H,8-10H2,1-4H3. The molecule has 0 saturated heterocycles. The Hall–Kier alpha value is -0.470. The van der Waals surface area contributed by atoms with Gasteiger partial charge < -0.3 is 5.32 Å². The monoisotopic (exact) mass is 237 g/mol. The fourth-order valence-electron chi connectivity index (χ4n) is 1.65. The zero-order chi connectivity index (χ0) is 12.0. The van der Waals surface area contributed by atoms with Crippen LogP contribution >= 0.6 is 11.8 Å². The minimum atomic E-state index is 0.756. The molecule has 0 fully saturated rings. The van der Waals surface area contributed by atoms with E-state index in [1.165, 1.54) is 23.1 Å². The summed E-state index contributed by atoms with van der Waals surface area (Å²) in [5.41, 5.74) is 4.24. The van der Waals surface area contributed by atoms with E-state index in [-0.39, 0.29) is 0 Å². The molecule has 0 aliphatic rings. The van der Waals surface area contributed by atoms with Crippen LogP contribution in [0.2, 0.25) is 0 Å². The van der Waals surface area contributed by atoms with Crippen molar-refractivity contribution in [2.75, 3.05) is 12.8 Å². The second kappa shape index (κ2) is 6.97. The topological polar surface area (TPSA) is 12.0 Å². The van der Waals surface area contributed by atoms with Crippen molar-refractivity contribution in [3.05, 3.63) is 34.9 Å². The predicted molar refractivity (Wildman–Crippen MR) is 75.2 cm³/mol. The molecule has 0 radical (unpaired) electrons. The Morgan fingerprint density at radius 1 is 1.31 bits per heavy atom. The minimum absolute atomic E-state index is 0.756. The molecule has 1 rings (SSSR count). The van der Waals surface area contributed by atoms with Crippen molar-refractivity contribution in [3.63, 3.8) is 0 Å². The van der Waals surface area contributed by atoms with E-state index < -0.39 is 0 Å². The Kier molecular flexibility index (Phi) is 5.93. The average molecular weight is 237 g/mol. The molecular weight excluding hydrogens is 214 g/mol. The quantitative estimate of drug-likeness (QED) is 0.760. The van der Waals surface area contributed by atoms with E-state index in [4.69, 9.17) is 0 Å². The van der Waals surface area contributed by atoms with Crippen LogP contribution in [0.4, 0.5) is 0 Å². The SMILES string of the molecule is CSC(C)CCNCc1cccc(C)c1C. The lowest BCUT2D eigenvalue weighted by Crippen LogP contribution is -2.18. The summed E-state index contributed by atoms with van der Waals surface area (Å²) >= 11 is 1.94. The number of hydrogen-bond acceptors (Lipinski definition) is 2. The van der Waals surface area contributed by atoms with Crippen molar-refractivity contribution < 1.29 is 0 Å².